The van der Waals surface area contributed by atoms with Crippen molar-refractivity contribution < 1.29 is 4.79 Å². The molecule has 7 nitrogen and oxygen atoms in total. The Morgan fingerprint density at radius 2 is 2.04 bits per heavy atom. The summed E-state index contributed by atoms with van der Waals surface area (Å²) in [5.41, 5.74) is 1.66. The van der Waals surface area contributed by atoms with Gasteiger partial charge in [-0.15, -0.1) is 5.10 Å². The van der Waals surface area contributed by atoms with Crippen molar-refractivity contribution in [2.75, 3.05) is 0 Å². The van der Waals surface area contributed by atoms with Gasteiger partial charge in [0, 0.05) is 13.0 Å². The van der Waals surface area contributed by atoms with Gasteiger partial charge in [-0.3, -0.25) is 9.59 Å². The third-order valence-electron chi connectivity index (χ3n) is 3.73. The lowest BCUT2D eigenvalue weighted by Gasteiger charge is -2.07. The summed E-state index contributed by atoms with van der Waals surface area (Å²) >= 11 is 0. The Morgan fingerprint density at radius 3 is 2.88 bits per heavy atom. The average molecular weight is 333 g/mol. The smallest absolute Gasteiger partial charge is 0.277 e. The first-order valence-corrected chi connectivity index (χ1v) is 7.75. The van der Waals surface area contributed by atoms with Gasteiger partial charge in [-0.25, -0.2) is 4.68 Å². The standard InChI is InChI=1S/C18H15N5O2/c19-11-13-4-3-5-14(10-13)12-20-17(24)8-9-23-18(25)15-6-1-2-7-16(15)21-22-23/h1-7,10H,8-9,12H2,(H,20,24). The molecule has 124 valence electrons. The first-order chi connectivity index (χ1) is 12.2. The van der Waals surface area contributed by atoms with E-state index in [2.05, 4.69) is 21.7 Å². The van der Waals surface area contributed by atoms with E-state index in [4.69, 9.17) is 5.26 Å². The Balaban J connectivity index is 1.60. The molecule has 0 unspecified atom stereocenters. The van der Waals surface area contributed by atoms with Gasteiger partial charge in [0.05, 0.1) is 23.6 Å². The summed E-state index contributed by atoms with van der Waals surface area (Å²) in [6.07, 6.45) is 0.116. The molecule has 1 heterocycles. The second-order valence-electron chi connectivity index (χ2n) is 5.47. The van der Waals surface area contributed by atoms with Gasteiger partial charge < -0.3 is 5.32 Å². The minimum atomic E-state index is -0.264. The number of hydrogen-bond donors (Lipinski definition) is 1. The van der Waals surface area contributed by atoms with E-state index in [1.165, 1.54) is 4.68 Å². The van der Waals surface area contributed by atoms with Gasteiger partial charge in [0.25, 0.3) is 5.56 Å². The maximum Gasteiger partial charge on any atom is 0.277 e. The largest absolute Gasteiger partial charge is 0.352 e. The monoisotopic (exact) mass is 333 g/mol. The first kappa shape index (κ1) is 16.3. The number of fused-ring (bicyclic) bond motifs is 1. The predicted molar refractivity (Wildman–Crippen MR) is 91.4 cm³/mol. The molecule has 1 N–H and O–H groups in total. The van der Waals surface area contributed by atoms with Crippen molar-refractivity contribution in [2.45, 2.75) is 19.5 Å². The third kappa shape index (κ3) is 3.87. The highest BCUT2D eigenvalue weighted by Crippen LogP contribution is 2.05. The van der Waals surface area contributed by atoms with Crippen LogP contribution in [-0.4, -0.2) is 20.9 Å². The molecule has 1 aromatic heterocycles. The third-order valence-corrected chi connectivity index (χ3v) is 3.73. The van der Waals surface area contributed by atoms with E-state index in [9.17, 15) is 9.59 Å². The number of hydrogen-bond acceptors (Lipinski definition) is 5. The molecule has 1 amide bonds. The maximum atomic E-state index is 12.3. The minimum Gasteiger partial charge on any atom is -0.352 e. The van der Waals surface area contributed by atoms with Crippen molar-refractivity contribution in [2.24, 2.45) is 0 Å². The number of aromatic nitrogens is 3. The fraction of sp³-hybridized carbons (Fsp3) is 0.167. The molecule has 0 fully saturated rings. The average Bonchev–Trinajstić information content (AvgIpc) is 2.66. The van der Waals surface area contributed by atoms with Crippen LogP contribution in [0.5, 0.6) is 0 Å². The van der Waals surface area contributed by atoms with E-state index >= 15 is 0 Å². The summed E-state index contributed by atoms with van der Waals surface area (Å²) in [6.45, 7) is 0.480. The van der Waals surface area contributed by atoms with Crippen LogP contribution in [0.4, 0.5) is 0 Å². The molecule has 3 rings (SSSR count). The number of carbonyl (C=O) groups is 1. The molecule has 7 heteroatoms. The van der Waals surface area contributed by atoms with Gasteiger partial charge in [-0.1, -0.05) is 29.5 Å². The summed E-state index contributed by atoms with van der Waals surface area (Å²) in [5.74, 6) is -0.204. The molecule has 0 radical (unpaired) electrons. The quantitative estimate of drug-likeness (QED) is 0.760. The fourth-order valence-corrected chi connectivity index (χ4v) is 2.42. The zero-order chi connectivity index (χ0) is 17.6. The van der Waals surface area contributed by atoms with Crippen LogP contribution >= 0.6 is 0 Å². The van der Waals surface area contributed by atoms with Crippen molar-refractivity contribution in [3.8, 4) is 6.07 Å². The SMILES string of the molecule is N#Cc1cccc(CNC(=O)CCn2nnc3ccccc3c2=O)c1. The van der Waals surface area contributed by atoms with E-state index in [1.54, 1.807) is 42.5 Å². The first-order valence-electron chi connectivity index (χ1n) is 7.75. The molecule has 0 spiro atoms. The number of aryl methyl sites for hydroxylation is 1. The van der Waals surface area contributed by atoms with Crippen molar-refractivity contribution in [1.82, 2.24) is 20.3 Å². The van der Waals surface area contributed by atoms with E-state index in [-0.39, 0.29) is 24.4 Å². The van der Waals surface area contributed by atoms with E-state index in [0.29, 0.717) is 23.0 Å². The number of benzene rings is 2. The van der Waals surface area contributed by atoms with Gasteiger partial charge in [0.15, 0.2) is 0 Å². The fourth-order valence-electron chi connectivity index (χ4n) is 2.42. The maximum absolute atomic E-state index is 12.3. The van der Waals surface area contributed by atoms with Gasteiger partial charge in [0.1, 0.15) is 5.52 Å². The van der Waals surface area contributed by atoms with Crippen LogP contribution in [0.2, 0.25) is 0 Å². The number of rotatable bonds is 5. The summed E-state index contributed by atoms with van der Waals surface area (Å²) in [5, 5.41) is 20.0. The molecule has 25 heavy (non-hydrogen) atoms. The Kier molecular flexibility index (Phi) is 4.81. The number of nitrogens with one attached hydrogen (secondary N) is 1. The molecule has 0 aliphatic rings. The lowest BCUT2D eigenvalue weighted by Crippen LogP contribution is -2.29. The number of amides is 1. The normalized spacial score (nSPS) is 10.4. The summed E-state index contributed by atoms with van der Waals surface area (Å²) in [6, 6.07) is 16.0. The molecule has 0 saturated heterocycles. The summed E-state index contributed by atoms with van der Waals surface area (Å²) < 4.78 is 1.19. The number of carbonyl (C=O) groups excluding carboxylic acids is 1. The van der Waals surface area contributed by atoms with Crippen LogP contribution in [0.15, 0.2) is 53.3 Å². The van der Waals surface area contributed by atoms with Crippen LogP contribution in [0.3, 0.4) is 0 Å². The lowest BCUT2D eigenvalue weighted by molar-refractivity contribution is -0.121. The van der Waals surface area contributed by atoms with Crippen LogP contribution < -0.4 is 10.9 Å². The van der Waals surface area contributed by atoms with Crippen LogP contribution in [0.1, 0.15) is 17.5 Å². The minimum absolute atomic E-state index is 0.116. The molecule has 0 aliphatic carbocycles. The molecule has 2 aromatic carbocycles. The van der Waals surface area contributed by atoms with Crippen molar-refractivity contribution in [3.63, 3.8) is 0 Å². The predicted octanol–water partition coefficient (Wildman–Crippen LogP) is 1.37. The number of nitriles is 1. The second-order valence-corrected chi connectivity index (χ2v) is 5.47. The molecule has 0 atom stereocenters. The van der Waals surface area contributed by atoms with Crippen LogP contribution in [0, 0.1) is 11.3 Å². The number of nitrogens with zero attached hydrogens (tertiary/aromatic N) is 4. The summed E-state index contributed by atoms with van der Waals surface area (Å²) in [7, 11) is 0. The molecular weight excluding hydrogens is 318 g/mol. The summed E-state index contributed by atoms with van der Waals surface area (Å²) in [4.78, 5) is 24.3. The highest BCUT2D eigenvalue weighted by molar-refractivity contribution is 5.77. The topological polar surface area (TPSA) is 101 Å². The van der Waals surface area contributed by atoms with Gasteiger partial charge >= 0.3 is 0 Å². The van der Waals surface area contributed by atoms with Crippen LogP contribution in [0.25, 0.3) is 10.9 Å². The van der Waals surface area contributed by atoms with Crippen molar-refractivity contribution >= 4 is 16.8 Å². The Labute approximate surface area is 143 Å². The van der Waals surface area contributed by atoms with E-state index < -0.39 is 0 Å². The van der Waals surface area contributed by atoms with E-state index in [0.717, 1.165) is 5.56 Å². The highest BCUT2D eigenvalue weighted by Gasteiger charge is 2.07. The second kappa shape index (κ2) is 7.36. The Morgan fingerprint density at radius 1 is 1.20 bits per heavy atom. The van der Waals surface area contributed by atoms with Crippen molar-refractivity contribution in [3.05, 3.63) is 70.0 Å². The van der Waals surface area contributed by atoms with Crippen molar-refractivity contribution in [1.29, 1.82) is 5.26 Å². The molecular formula is C18H15N5O2. The van der Waals surface area contributed by atoms with Gasteiger partial charge in [-0.2, -0.15) is 5.26 Å². The van der Waals surface area contributed by atoms with E-state index in [1.807, 2.05) is 6.07 Å². The molecule has 0 bridgehead atoms. The van der Waals surface area contributed by atoms with Crippen LogP contribution in [-0.2, 0) is 17.9 Å². The van der Waals surface area contributed by atoms with Gasteiger partial charge in [0.2, 0.25) is 5.91 Å². The molecule has 3 aromatic rings. The lowest BCUT2D eigenvalue weighted by atomic mass is 10.1. The highest BCUT2D eigenvalue weighted by atomic mass is 16.2. The Hall–Kier alpha value is -3.53. The molecule has 0 aliphatic heterocycles. The zero-order valence-corrected chi connectivity index (χ0v) is 13.3. The molecule has 0 saturated carbocycles. The Bertz CT molecular complexity index is 1020. The zero-order valence-electron chi connectivity index (χ0n) is 13.3. The van der Waals surface area contributed by atoms with Gasteiger partial charge in [-0.05, 0) is 29.8 Å².